The summed E-state index contributed by atoms with van der Waals surface area (Å²) in [5.41, 5.74) is 3.95. The van der Waals surface area contributed by atoms with Gasteiger partial charge in [-0.25, -0.2) is 0 Å². The zero-order valence-corrected chi connectivity index (χ0v) is 14.7. The molecule has 0 saturated carbocycles. The summed E-state index contributed by atoms with van der Waals surface area (Å²) in [4.78, 5) is 18.7. The number of amides is 1. The molecule has 0 saturated heterocycles. The second-order valence-corrected chi connectivity index (χ2v) is 6.41. The molecule has 1 heterocycles. The van der Waals surface area contributed by atoms with Crippen molar-refractivity contribution in [3.05, 3.63) is 66.0 Å². The Kier molecular flexibility index (Phi) is 5.83. The van der Waals surface area contributed by atoms with Crippen LogP contribution in [-0.2, 0) is 0 Å². The number of nitrogens with zero attached hydrogens (tertiary/aromatic N) is 2. The molecule has 130 valence electrons. The fourth-order valence-corrected chi connectivity index (χ4v) is 3.11. The van der Waals surface area contributed by atoms with Crippen molar-refractivity contribution >= 4 is 17.3 Å². The van der Waals surface area contributed by atoms with E-state index < -0.39 is 0 Å². The highest BCUT2D eigenvalue weighted by Gasteiger charge is 2.11. The highest BCUT2D eigenvalue weighted by Crippen LogP contribution is 2.23. The van der Waals surface area contributed by atoms with E-state index >= 15 is 0 Å². The number of anilines is 2. The van der Waals surface area contributed by atoms with E-state index in [4.69, 9.17) is 0 Å². The molecule has 25 heavy (non-hydrogen) atoms. The van der Waals surface area contributed by atoms with Crippen molar-refractivity contribution in [2.45, 2.75) is 32.1 Å². The minimum Gasteiger partial charge on any atom is -0.350 e. The molecule has 0 spiro atoms. The molecule has 1 aromatic carbocycles. The van der Waals surface area contributed by atoms with Crippen LogP contribution in [-0.4, -0.2) is 24.5 Å². The zero-order valence-electron chi connectivity index (χ0n) is 14.7. The minimum atomic E-state index is -0.111. The first-order chi connectivity index (χ1) is 12.2. The van der Waals surface area contributed by atoms with Crippen LogP contribution in [0.25, 0.3) is 0 Å². The van der Waals surface area contributed by atoms with E-state index in [1.165, 1.54) is 31.3 Å². The molecular formula is C21H25N3O. The second-order valence-electron chi connectivity index (χ2n) is 6.41. The molecule has 1 amide bonds. The van der Waals surface area contributed by atoms with Gasteiger partial charge in [0.25, 0.3) is 5.91 Å². The van der Waals surface area contributed by atoms with Crippen molar-refractivity contribution in [3.8, 4) is 0 Å². The third kappa shape index (κ3) is 4.69. The molecule has 0 fully saturated rings. The average Bonchev–Trinajstić information content (AvgIpc) is 2.69. The number of hydrogen-bond donors (Lipinski definition) is 1. The second kappa shape index (κ2) is 8.47. The molecule has 0 atom stereocenters. The van der Waals surface area contributed by atoms with Crippen LogP contribution in [0.15, 0.2) is 60.3 Å². The van der Waals surface area contributed by atoms with E-state index in [1.54, 1.807) is 6.20 Å². The number of benzene rings is 1. The lowest BCUT2D eigenvalue weighted by molar-refractivity contribution is 0.0949. The Hall–Kier alpha value is -2.62. The SMILES string of the molecule is CN(c1ccccc1)c1ccnc(C(=O)NCCC2=CCCCC2)c1. The van der Waals surface area contributed by atoms with Crippen LogP contribution in [0.5, 0.6) is 0 Å². The van der Waals surface area contributed by atoms with Crippen molar-refractivity contribution in [1.82, 2.24) is 10.3 Å². The average molecular weight is 335 g/mol. The molecule has 1 N–H and O–H groups in total. The maximum absolute atomic E-state index is 12.4. The molecule has 0 radical (unpaired) electrons. The highest BCUT2D eigenvalue weighted by molar-refractivity contribution is 5.93. The summed E-state index contributed by atoms with van der Waals surface area (Å²) in [5.74, 6) is -0.111. The van der Waals surface area contributed by atoms with Crippen molar-refractivity contribution in [2.24, 2.45) is 0 Å². The van der Waals surface area contributed by atoms with Crippen molar-refractivity contribution in [3.63, 3.8) is 0 Å². The lowest BCUT2D eigenvalue weighted by Gasteiger charge is -2.19. The monoisotopic (exact) mass is 335 g/mol. The van der Waals surface area contributed by atoms with E-state index in [1.807, 2.05) is 54.4 Å². The molecule has 1 aliphatic rings. The van der Waals surface area contributed by atoms with Gasteiger partial charge in [-0.1, -0.05) is 29.8 Å². The lowest BCUT2D eigenvalue weighted by Crippen LogP contribution is -2.26. The number of allylic oxidation sites excluding steroid dienone is 1. The normalized spacial score (nSPS) is 13.9. The first-order valence-electron chi connectivity index (χ1n) is 8.95. The van der Waals surface area contributed by atoms with Crippen LogP contribution >= 0.6 is 0 Å². The molecule has 0 aliphatic heterocycles. The van der Waals surface area contributed by atoms with Crippen LogP contribution in [0, 0.1) is 0 Å². The van der Waals surface area contributed by atoms with Crippen molar-refractivity contribution < 1.29 is 4.79 Å². The third-order valence-corrected chi connectivity index (χ3v) is 4.62. The summed E-state index contributed by atoms with van der Waals surface area (Å²) in [5, 5.41) is 2.99. The summed E-state index contributed by atoms with van der Waals surface area (Å²) < 4.78 is 0. The zero-order chi connectivity index (χ0) is 17.5. The molecule has 1 aliphatic carbocycles. The third-order valence-electron chi connectivity index (χ3n) is 4.62. The number of pyridine rings is 1. The predicted octanol–water partition coefficient (Wildman–Crippen LogP) is 4.47. The molecule has 4 nitrogen and oxygen atoms in total. The van der Waals surface area contributed by atoms with E-state index in [-0.39, 0.29) is 5.91 Å². The van der Waals surface area contributed by atoms with Crippen LogP contribution in [0.2, 0.25) is 0 Å². The predicted molar refractivity (Wildman–Crippen MR) is 102 cm³/mol. The summed E-state index contributed by atoms with van der Waals surface area (Å²) in [6, 6.07) is 13.8. The number of hydrogen-bond acceptors (Lipinski definition) is 3. The van der Waals surface area contributed by atoms with Gasteiger partial charge < -0.3 is 10.2 Å². The van der Waals surface area contributed by atoms with E-state index in [2.05, 4.69) is 16.4 Å². The molecule has 3 rings (SSSR count). The van der Waals surface area contributed by atoms with Crippen molar-refractivity contribution in [1.29, 1.82) is 0 Å². The van der Waals surface area contributed by atoms with Gasteiger partial charge in [0, 0.05) is 31.2 Å². The fraction of sp³-hybridized carbons (Fsp3) is 0.333. The number of para-hydroxylation sites is 1. The smallest absolute Gasteiger partial charge is 0.269 e. The standard InChI is InChI=1S/C21H25N3O/c1-24(18-10-6-3-7-11-18)19-13-15-22-20(16-19)21(25)23-14-12-17-8-4-2-5-9-17/h3,6-8,10-11,13,15-16H,2,4-5,9,12,14H2,1H3,(H,23,25). The van der Waals surface area contributed by atoms with Gasteiger partial charge >= 0.3 is 0 Å². The van der Waals surface area contributed by atoms with Crippen molar-refractivity contribution in [2.75, 3.05) is 18.5 Å². The Morgan fingerprint density at radius 1 is 1.16 bits per heavy atom. The molecular weight excluding hydrogens is 310 g/mol. The van der Waals surface area contributed by atoms with Gasteiger partial charge in [-0.3, -0.25) is 9.78 Å². The van der Waals surface area contributed by atoms with Crippen LogP contribution in [0.3, 0.4) is 0 Å². The van der Waals surface area contributed by atoms with Crippen LogP contribution in [0.4, 0.5) is 11.4 Å². The quantitative estimate of drug-likeness (QED) is 0.792. The number of nitrogens with one attached hydrogen (secondary N) is 1. The first kappa shape index (κ1) is 17.2. The highest BCUT2D eigenvalue weighted by atomic mass is 16.1. The van der Waals surface area contributed by atoms with Gasteiger partial charge in [0.15, 0.2) is 0 Å². The Morgan fingerprint density at radius 3 is 2.76 bits per heavy atom. The van der Waals surface area contributed by atoms with Gasteiger partial charge in [-0.05, 0) is 56.4 Å². The van der Waals surface area contributed by atoms with Gasteiger partial charge in [0.1, 0.15) is 5.69 Å². The maximum atomic E-state index is 12.4. The summed E-state index contributed by atoms with van der Waals surface area (Å²) in [6.07, 6.45) is 9.87. The van der Waals surface area contributed by atoms with Crippen LogP contribution < -0.4 is 10.2 Å². The topological polar surface area (TPSA) is 45.2 Å². The fourth-order valence-electron chi connectivity index (χ4n) is 3.11. The van der Waals surface area contributed by atoms with Crippen LogP contribution in [0.1, 0.15) is 42.6 Å². The maximum Gasteiger partial charge on any atom is 0.269 e. The van der Waals surface area contributed by atoms with Gasteiger partial charge in [-0.15, -0.1) is 0 Å². The Balaban J connectivity index is 1.60. The van der Waals surface area contributed by atoms with Gasteiger partial charge in [0.2, 0.25) is 0 Å². The Morgan fingerprint density at radius 2 is 2.00 bits per heavy atom. The van der Waals surface area contributed by atoms with E-state index in [0.717, 1.165) is 17.8 Å². The lowest BCUT2D eigenvalue weighted by atomic mass is 9.97. The molecule has 1 aromatic heterocycles. The molecule has 0 bridgehead atoms. The van der Waals surface area contributed by atoms with Gasteiger partial charge in [0.05, 0.1) is 0 Å². The number of aromatic nitrogens is 1. The summed E-state index contributed by atoms with van der Waals surface area (Å²) >= 11 is 0. The van der Waals surface area contributed by atoms with E-state index in [0.29, 0.717) is 12.2 Å². The van der Waals surface area contributed by atoms with Gasteiger partial charge in [-0.2, -0.15) is 0 Å². The molecule has 0 unspecified atom stereocenters. The number of carbonyl (C=O) groups is 1. The van der Waals surface area contributed by atoms with E-state index in [9.17, 15) is 4.79 Å². The number of carbonyl (C=O) groups excluding carboxylic acids is 1. The largest absolute Gasteiger partial charge is 0.350 e. The molecule has 2 aromatic rings. The number of rotatable bonds is 6. The molecule has 4 heteroatoms. The Bertz CT molecular complexity index is 740. The first-order valence-corrected chi connectivity index (χ1v) is 8.95. The minimum absolute atomic E-state index is 0.111. The summed E-state index contributed by atoms with van der Waals surface area (Å²) in [6.45, 7) is 0.672. The Labute approximate surface area is 149 Å². The summed E-state index contributed by atoms with van der Waals surface area (Å²) in [7, 11) is 1.99.